The zero-order valence-corrected chi connectivity index (χ0v) is 14.5. The van der Waals surface area contributed by atoms with E-state index < -0.39 is 11.8 Å². The molecule has 0 aliphatic rings. The first kappa shape index (κ1) is 17.3. The molecule has 0 aliphatic carbocycles. The second-order valence-corrected chi connectivity index (χ2v) is 5.76. The molecule has 23 heavy (non-hydrogen) atoms. The summed E-state index contributed by atoms with van der Waals surface area (Å²) in [6, 6.07) is 11.6. The van der Waals surface area contributed by atoms with Gasteiger partial charge < -0.3 is 9.47 Å². The molecular formula is C16H13BrClNO4. The molecule has 0 bridgehead atoms. The lowest BCUT2D eigenvalue weighted by Crippen LogP contribution is -2.34. The Balaban J connectivity index is 1.95. The van der Waals surface area contributed by atoms with E-state index in [1.165, 1.54) is 7.11 Å². The van der Waals surface area contributed by atoms with Gasteiger partial charge in [-0.3, -0.25) is 14.9 Å². The van der Waals surface area contributed by atoms with Gasteiger partial charge in [-0.05, 0) is 30.3 Å². The van der Waals surface area contributed by atoms with Crippen molar-refractivity contribution in [2.75, 3.05) is 13.7 Å². The number of halogens is 2. The smallest absolute Gasteiger partial charge is 0.264 e. The van der Waals surface area contributed by atoms with Crippen LogP contribution in [0.15, 0.2) is 46.9 Å². The van der Waals surface area contributed by atoms with Gasteiger partial charge in [0.25, 0.3) is 11.8 Å². The van der Waals surface area contributed by atoms with E-state index in [2.05, 4.69) is 21.2 Å². The fourth-order valence-electron chi connectivity index (χ4n) is 1.80. The molecule has 2 aromatic carbocycles. The number of imide groups is 1. The monoisotopic (exact) mass is 397 g/mol. The van der Waals surface area contributed by atoms with Crippen molar-refractivity contribution in [2.45, 2.75) is 0 Å². The maximum atomic E-state index is 12.1. The molecule has 2 amide bonds. The SMILES string of the molecule is COc1ccccc1C(=O)NC(=O)COc1ccc(Br)cc1Cl. The molecule has 0 fully saturated rings. The number of hydrogen-bond acceptors (Lipinski definition) is 4. The Morgan fingerprint density at radius 2 is 1.91 bits per heavy atom. The van der Waals surface area contributed by atoms with Crippen LogP contribution in [0, 0.1) is 0 Å². The van der Waals surface area contributed by atoms with E-state index in [4.69, 9.17) is 21.1 Å². The topological polar surface area (TPSA) is 64.6 Å². The Hall–Kier alpha value is -2.05. The summed E-state index contributed by atoms with van der Waals surface area (Å²) in [5.74, 6) is -0.401. The van der Waals surface area contributed by atoms with E-state index in [9.17, 15) is 9.59 Å². The highest BCUT2D eigenvalue weighted by Gasteiger charge is 2.15. The molecule has 120 valence electrons. The number of carbonyl (C=O) groups is 2. The summed E-state index contributed by atoms with van der Waals surface area (Å²) in [4.78, 5) is 23.9. The van der Waals surface area contributed by atoms with E-state index in [0.717, 1.165) is 4.47 Å². The zero-order chi connectivity index (χ0) is 16.8. The van der Waals surface area contributed by atoms with Gasteiger partial charge in [0.2, 0.25) is 0 Å². The minimum atomic E-state index is -0.583. The van der Waals surface area contributed by atoms with E-state index in [-0.39, 0.29) is 12.2 Å². The van der Waals surface area contributed by atoms with Gasteiger partial charge in [-0.15, -0.1) is 0 Å². The van der Waals surface area contributed by atoms with Crippen LogP contribution >= 0.6 is 27.5 Å². The van der Waals surface area contributed by atoms with Crippen molar-refractivity contribution < 1.29 is 19.1 Å². The van der Waals surface area contributed by atoms with Crippen molar-refractivity contribution in [3.8, 4) is 11.5 Å². The number of para-hydroxylation sites is 1. The highest BCUT2D eigenvalue weighted by atomic mass is 79.9. The van der Waals surface area contributed by atoms with Crippen molar-refractivity contribution in [2.24, 2.45) is 0 Å². The molecule has 5 nitrogen and oxygen atoms in total. The minimum absolute atomic E-state index is 0.269. The van der Waals surface area contributed by atoms with Crippen molar-refractivity contribution in [1.29, 1.82) is 0 Å². The van der Waals surface area contributed by atoms with Gasteiger partial charge >= 0.3 is 0 Å². The van der Waals surface area contributed by atoms with Gasteiger partial charge in [0, 0.05) is 4.47 Å². The number of rotatable bonds is 5. The van der Waals surface area contributed by atoms with Crippen LogP contribution in [0.2, 0.25) is 5.02 Å². The third-order valence-electron chi connectivity index (χ3n) is 2.86. The quantitative estimate of drug-likeness (QED) is 0.838. The Morgan fingerprint density at radius 3 is 2.61 bits per heavy atom. The molecule has 0 atom stereocenters. The summed E-state index contributed by atoms with van der Waals surface area (Å²) in [6.45, 7) is -0.331. The summed E-state index contributed by atoms with van der Waals surface area (Å²) in [5, 5.41) is 2.60. The van der Waals surface area contributed by atoms with Crippen LogP contribution in [-0.4, -0.2) is 25.5 Å². The predicted octanol–water partition coefficient (Wildman–Crippen LogP) is 3.45. The molecule has 0 heterocycles. The number of nitrogens with one attached hydrogen (secondary N) is 1. The zero-order valence-electron chi connectivity index (χ0n) is 12.1. The minimum Gasteiger partial charge on any atom is -0.496 e. The molecular weight excluding hydrogens is 386 g/mol. The third-order valence-corrected chi connectivity index (χ3v) is 3.65. The van der Waals surface area contributed by atoms with Crippen LogP contribution < -0.4 is 14.8 Å². The lowest BCUT2D eigenvalue weighted by atomic mass is 10.2. The van der Waals surface area contributed by atoms with Crippen LogP contribution in [0.25, 0.3) is 0 Å². The first-order valence-corrected chi connectivity index (χ1v) is 7.73. The fourth-order valence-corrected chi connectivity index (χ4v) is 2.53. The largest absolute Gasteiger partial charge is 0.496 e. The highest BCUT2D eigenvalue weighted by Crippen LogP contribution is 2.27. The average Bonchev–Trinajstić information content (AvgIpc) is 2.54. The molecule has 0 spiro atoms. The van der Waals surface area contributed by atoms with E-state index in [0.29, 0.717) is 16.5 Å². The molecule has 1 N–H and O–H groups in total. The van der Waals surface area contributed by atoms with Crippen molar-refractivity contribution in [3.63, 3.8) is 0 Å². The Bertz CT molecular complexity index is 736. The maximum absolute atomic E-state index is 12.1. The molecule has 0 saturated heterocycles. The third kappa shape index (κ3) is 4.71. The molecule has 0 radical (unpaired) electrons. The molecule has 0 unspecified atom stereocenters. The normalized spacial score (nSPS) is 10.0. The average molecular weight is 399 g/mol. The van der Waals surface area contributed by atoms with E-state index in [1.807, 2.05) is 0 Å². The lowest BCUT2D eigenvalue weighted by molar-refractivity contribution is -0.122. The summed E-state index contributed by atoms with van der Waals surface area (Å²) < 4.78 is 11.2. The van der Waals surface area contributed by atoms with Crippen LogP contribution in [0.4, 0.5) is 0 Å². The second kappa shape index (κ2) is 7.99. The molecule has 0 aromatic heterocycles. The molecule has 0 saturated carbocycles. The fraction of sp³-hybridized carbons (Fsp3) is 0.125. The van der Waals surface area contributed by atoms with Gasteiger partial charge in [0.1, 0.15) is 11.5 Å². The maximum Gasteiger partial charge on any atom is 0.264 e. The number of ether oxygens (including phenoxy) is 2. The van der Waals surface area contributed by atoms with Gasteiger partial charge in [-0.1, -0.05) is 39.7 Å². The summed E-state index contributed by atoms with van der Waals surface area (Å²) in [7, 11) is 1.45. The van der Waals surface area contributed by atoms with Crippen LogP contribution in [-0.2, 0) is 4.79 Å². The lowest BCUT2D eigenvalue weighted by Gasteiger charge is -2.10. The van der Waals surface area contributed by atoms with Crippen LogP contribution in [0.1, 0.15) is 10.4 Å². The Labute approximate surface area is 146 Å². The molecule has 2 rings (SSSR count). The summed E-state index contributed by atoms with van der Waals surface area (Å²) in [6.07, 6.45) is 0. The summed E-state index contributed by atoms with van der Waals surface area (Å²) >= 11 is 9.26. The molecule has 2 aromatic rings. The van der Waals surface area contributed by atoms with Crippen LogP contribution in [0.5, 0.6) is 11.5 Å². The number of amides is 2. The number of benzene rings is 2. The molecule has 7 heteroatoms. The van der Waals surface area contributed by atoms with Crippen molar-refractivity contribution >= 4 is 39.3 Å². The number of carbonyl (C=O) groups excluding carboxylic acids is 2. The first-order chi connectivity index (χ1) is 11.0. The Kier molecular flexibility index (Phi) is 6.01. The Morgan fingerprint density at radius 1 is 1.17 bits per heavy atom. The van der Waals surface area contributed by atoms with Crippen molar-refractivity contribution in [1.82, 2.24) is 5.32 Å². The van der Waals surface area contributed by atoms with E-state index >= 15 is 0 Å². The van der Waals surface area contributed by atoms with E-state index in [1.54, 1.807) is 42.5 Å². The number of hydrogen-bond donors (Lipinski definition) is 1. The highest BCUT2D eigenvalue weighted by molar-refractivity contribution is 9.10. The van der Waals surface area contributed by atoms with Gasteiger partial charge in [0.15, 0.2) is 6.61 Å². The predicted molar refractivity (Wildman–Crippen MR) is 90.1 cm³/mol. The first-order valence-electron chi connectivity index (χ1n) is 6.56. The van der Waals surface area contributed by atoms with Crippen molar-refractivity contribution in [3.05, 3.63) is 57.5 Å². The standard InChI is InChI=1S/C16H13BrClNO4/c1-22-13-5-3-2-4-11(13)16(21)19-15(20)9-23-14-7-6-10(17)8-12(14)18/h2-8H,9H2,1H3,(H,19,20,21). The summed E-state index contributed by atoms with van der Waals surface area (Å²) in [5.41, 5.74) is 0.269. The van der Waals surface area contributed by atoms with Gasteiger partial charge in [0.05, 0.1) is 17.7 Å². The molecule has 0 aliphatic heterocycles. The van der Waals surface area contributed by atoms with Gasteiger partial charge in [-0.2, -0.15) is 0 Å². The van der Waals surface area contributed by atoms with Crippen LogP contribution in [0.3, 0.4) is 0 Å². The number of methoxy groups -OCH3 is 1. The van der Waals surface area contributed by atoms with Gasteiger partial charge in [-0.25, -0.2) is 0 Å². The second-order valence-electron chi connectivity index (χ2n) is 4.44.